The Labute approximate surface area is 135 Å². The smallest absolute Gasteiger partial charge is 0.221 e. The Hall–Kier alpha value is -2.28. The molecule has 0 unspecified atom stereocenters. The average Bonchev–Trinajstić information content (AvgIpc) is 2.93. The molecule has 2 rings (SSSR count). The molecule has 0 aliphatic carbocycles. The summed E-state index contributed by atoms with van der Waals surface area (Å²) in [7, 11) is 3.20. The first-order valence-electron chi connectivity index (χ1n) is 7.72. The van der Waals surface area contributed by atoms with Crippen LogP contribution in [0.5, 0.6) is 11.5 Å². The Bertz CT molecular complexity index is 682. The highest BCUT2D eigenvalue weighted by Crippen LogP contribution is 2.32. The van der Waals surface area contributed by atoms with Crippen molar-refractivity contribution in [1.82, 2.24) is 14.9 Å². The van der Waals surface area contributed by atoms with E-state index in [-0.39, 0.29) is 5.91 Å². The van der Waals surface area contributed by atoms with E-state index in [9.17, 15) is 4.79 Å². The number of fused-ring (bicyclic) bond motifs is 1. The summed E-state index contributed by atoms with van der Waals surface area (Å²) in [6, 6.07) is 3.76. The van der Waals surface area contributed by atoms with Crippen LogP contribution in [0.4, 0.5) is 0 Å². The van der Waals surface area contributed by atoms with E-state index in [1.807, 2.05) is 19.1 Å². The van der Waals surface area contributed by atoms with Crippen molar-refractivity contribution >= 4 is 16.9 Å². The highest BCUT2D eigenvalue weighted by molar-refractivity contribution is 5.81. The molecule has 0 bridgehead atoms. The van der Waals surface area contributed by atoms with Crippen LogP contribution in [0.15, 0.2) is 12.1 Å². The number of nitrogens with two attached hydrogens (primary N) is 1. The minimum absolute atomic E-state index is 0.0140. The van der Waals surface area contributed by atoms with Gasteiger partial charge in [0.2, 0.25) is 5.91 Å². The van der Waals surface area contributed by atoms with Crippen molar-refractivity contribution in [2.24, 2.45) is 5.73 Å². The van der Waals surface area contributed by atoms with Crippen LogP contribution >= 0.6 is 0 Å². The van der Waals surface area contributed by atoms with Crippen LogP contribution in [0.25, 0.3) is 11.0 Å². The third kappa shape index (κ3) is 3.73. The van der Waals surface area contributed by atoms with Crippen LogP contribution in [0.2, 0.25) is 0 Å². The number of benzene rings is 1. The summed E-state index contributed by atoms with van der Waals surface area (Å²) < 4.78 is 12.7. The van der Waals surface area contributed by atoms with Gasteiger partial charge in [-0.15, -0.1) is 0 Å². The van der Waals surface area contributed by atoms with Crippen molar-refractivity contribution < 1.29 is 14.3 Å². The first-order chi connectivity index (χ1) is 11.1. The standard InChI is InChI=1S/C16H24N4O3/c1-4-15-19-11-9-13(22-2)14(23-3)10-12(11)20(15)8-5-16(21)18-7-6-17/h9-10H,4-8,17H2,1-3H3,(H,18,21). The number of carbonyl (C=O) groups is 1. The fourth-order valence-corrected chi connectivity index (χ4v) is 2.53. The fraction of sp³-hybridized carbons (Fsp3) is 0.500. The van der Waals surface area contributed by atoms with Gasteiger partial charge < -0.3 is 25.1 Å². The van der Waals surface area contributed by atoms with Crippen molar-refractivity contribution in [3.8, 4) is 11.5 Å². The van der Waals surface area contributed by atoms with Crippen LogP contribution in [0, 0.1) is 0 Å². The van der Waals surface area contributed by atoms with Crippen LogP contribution in [-0.2, 0) is 17.8 Å². The molecule has 0 saturated heterocycles. The molecule has 0 fully saturated rings. The summed E-state index contributed by atoms with van der Waals surface area (Å²) in [5, 5.41) is 2.78. The zero-order valence-corrected chi connectivity index (χ0v) is 13.9. The molecule has 23 heavy (non-hydrogen) atoms. The minimum atomic E-state index is -0.0140. The lowest BCUT2D eigenvalue weighted by Crippen LogP contribution is -2.29. The predicted molar refractivity (Wildman–Crippen MR) is 88.9 cm³/mol. The molecule has 0 saturated carbocycles. The van der Waals surface area contributed by atoms with Gasteiger partial charge in [0.05, 0.1) is 25.3 Å². The van der Waals surface area contributed by atoms with Gasteiger partial charge in [-0.25, -0.2) is 4.98 Å². The van der Waals surface area contributed by atoms with Gasteiger partial charge in [0.1, 0.15) is 5.82 Å². The van der Waals surface area contributed by atoms with Crippen molar-refractivity contribution in [2.45, 2.75) is 26.3 Å². The number of nitrogens with zero attached hydrogens (tertiary/aromatic N) is 2. The van der Waals surface area contributed by atoms with E-state index in [1.165, 1.54) is 0 Å². The molecule has 7 nitrogen and oxygen atoms in total. The van der Waals surface area contributed by atoms with E-state index >= 15 is 0 Å². The number of hydrogen-bond acceptors (Lipinski definition) is 5. The lowest BCUT2D eigenvalue weighted by molar-refractivity contribution is -0.121. The van der Waals surface area contributed by atoms with Crippen LogP contribution in [0.3, 0.4) is 0 Å². The molecule has 1 amide bonds. The quantitative estimate of drug-likeness (QED) is 0.759. The minimum Gasteiger partial charge on any atom is -0.493 e. The number of aromatic nitrogens is 2. The van der Waals surface area contributed by atoms with Gasteiger partial charge in [0, 0.05) is 44.6 Å². The monoisotopic (exact) mass is 320 g/mol. The molecular formula is C16H24N4O3. The van der Waals surface area contributed by atoms with Gasteiger partial charge in [-0.2, -0.15) is 0 Å². The molecule has 3 N–H and O–H groups in total. The lowest BCUT2D eigenvalue weighted by Gasteiger charge is -2.10. The van der Waals surface area contributed by atoms with Crippen molar-refractivity contribution in [2.75, 3.05) is 27.3 Å². The zero-order valence-electron chi connectivity index (χ0n) is 13.9. The van der Waals surface area contributed by atoms with Gasteiger partial charge in [-0.1, -0.05) is 6.92 Å². The molecule has 0 radical (unpaired) electrons. The second kappa shape index (κ2) is 7.82. The lowest BCUT2D eigenvalue weighted by atomic mass is 10.2. The Morgan fingerprint density at radius 3 is 2.61 bits per heavy atom. The number of nitrogens with one attached hydrogen (secondary N) is 1. The van der Waals surface area contributed by atoms with Gasteiger partial charge in [0.25, 0.3) is 0 Å². The molecule has 0 aliphatic heterocycles. The van der Waals surface area contributed by atoms with Gasteiger partial charge in [0.15, 0.2) is 11.5 Å². The maximum Gasteiger partial charge on any atom is 0.221 e. The number of rotatable bonds is 8. The van der Waals surface area contributed by atoms with Crippen LogP contribution < -0.4 is 20.5 Å². The van der Waals surface area contributed by atoms with E-state index < -0.39 is 0 Å². The van der Waals surface area contributed by atoms with Crippen molar-refractivity contribution in [1.29, 1.82) is 0 Å². The molecule has 0 spiro atoms. The van der Waals surface area contributed by atoms with Crippen molar-refractivity contribution in [3.63, 3.8) is 0 Å². The first-order valence-corrected chi connectivity index (χ1v) is 7.72. The summed E-state index contributed by atoms with van der Waals surface area (Å²) in [4.78, 5) is 16.4. The van der Waals surface area contributed by atoms with E-state index in [0.717, 1.165) is 23.3 Å². The van der Waals surface area contributed by atoms with Crippen LogP contribution in [0.1, 0.15) is 19.2 Å². The maximum absolute atomic E-state index is 11.8. The second-order valence-corrected chi connectivity index (χ2v) is 5.12. The summed E-state index contributed by atoms with van der Waals surface area (Å²) in [6.45, 7) is 3.54. The number of hydrogen-bond donors (Lipinski definition) is 2. The molecule has 2 aromatic rings. The summed E-state index contributed by atoms with van der Waals surface area (Å²) in [5.41, 5.74) is 7.16. The normalized spacial score (nSPS) is 10.8. The van der Waals surface area contributed by atoms with E-state index in [4.69, 9.17) is 15.2 Å². The SMILES string of the molecule is CCc1nc2cc(OC)c(OC)cc2n1CCC(=O)NCCN. The van der Waals surface area contributed by atoms with E-state index in [1.54, 1.807) is 14.2 Å². The Kier molecular flexibility index (Phi) is 5.81. The maximum atomic E-state index is 11.8. The number of methoxy groups -OCH3 is 2. The molecular weight excluding hydrogens is 296 g/mol. The topological polar surface area (TPSA) is 91.4 Å². The fourth-order valence-electron chi connectivity index (χ4n) is 2.53. The van der Waals surface area contributed by atoms with Crippen molar-refractivity contribution in [3.05, 3.63) is 18.0 Å². The Morgan fingerprint density at radius 1 is 1.30 bits per heavy atom. The van der Waals surface area contributed by atoms with Gasteiger partial charge in [-0.05, 0) is 0 Å². The summed E-state index contributed by atoms with van der Waals surface area (Å²) in [6.07, 6.45) is 1.16. The van der Waals surface area contributed by atoms with Gasteiger partial charge in [-0.3, -0.25) is 4.79 Å². The van der Waals surface area contributed by atoms with E-state index in [2.05, 4.69) is 14.9 Å². The third-order valence-corrected chi connectivity index (χ3v) is 3.68. The number of imidazole rings is 1. The van der Waals surface area contributed by atoms with Crippen LogP contribution in [-0.4, -0.2) is 42.8 Å². The highest BCUT2D eigenvalue weighted by atomic mass is 16.5. The highest BCUT2D eigenvalue weighted by Gasteiger charge is 2.15. The molecule has 0 atom stereocenters. The Balaban J connectivity index is 2.31. The van der Waals surface area contributed by atoms with Gasteiger partial charge >= 0.3 is 0 Å². The zero-order chi connectivity index (χ0) is 16.8. The number of carbonyl (C=O) groups excluding carboxylic acids is 1. The molecule has 1 heterocycles. The average molecular weight is 320 g/mol. The molecule has 1 aromatic heterocycles. The molecule has 1 aromatic carbocycles. The second-order valence-electron chi connectivity index (χ2n) is 5.12. The largest absolute Gasteiger partial charge is 0.493 e. The summed E-state index contributed by atoms with van der Waals surface area (Å²) >= 11 is 0. The Morgan fingerprint density at radius 2 is 2.00 bits per heavy atom. The number of aryl methyl sites for hydroxylation is 2. The third-order valence-electron chi connectivity index (χ3n) is 3.68. The first kappa shape index (κ1) is 17.1. The predicted octanol–water partition coefficient (Wildman–Crippen LogP) is 1.08. The van der Waals surface area contributed by atoms with E-state index in [0.29, 0.717) is 37.6 Å². The number of ether oxygens (including phenoxy) is 2. The number of amides is 1. The molecule has 126 valence electrons. The summed E-state index contributed by atoms with van der Waals surface area (Å²) in [5.74, 6) is 2.21. The molecule has 7 heteroatoms. The molecule has 0 aliphatic rings.